The van der Waals surface area contributed by atoms with Crippen LogP contribution in [0.5, 0.6) is 0 Å². The molecule has 0 aliphatic carbocycles. The molecule has 0 aromatic rings. The van der Waals surface area contributed by atoms with Crippen molar-refractivity contribution in [2.75, 3.05) is 39.1 Å². The minimum atomic E-state index is -3.39. The molecule has 0 spiro atoms. The minimum Gasteiger partial charge on any atom is -0.373 e. The summed E-state index contributed by atoms with van der Waals surface area (Å²) >= 11 is 0. The quantitative estimate of drug-likeness (QED) is 0.474. The van der Waals surface area contributed by atoms with E-state index < -0.39 is 10.1 Å². The smallest absolute Gasteiger partial charge is 0.264 e. The van der Waals surface area contributed by atoms with E-state index in [2.05, 4.69) is 10.1 Å². The minimum absolute atomic E-state index is 0.0555. The van der Waals surface area contributed by atoms with Crippen LogP contribution in [0.25, 0.3) is 0 Å². The van der Waals surface area contributed by atoms with Gasteiger partial charge in [0.1, 0.15) is 0 Å². The molecule has 0 N–H and O–H groups in total. The molecule has 6 heteroatoms. The molecule has 1 saturated heterocycles. The molecular weight excluding hydrogens is 218 g/mol. The predicted octanol–water partition coefficient (Wildman–Crippen LogP) is -0.703. The van der Waals surface area contributed by atoms with E-state index in [4.69, 9.17) is 11.2 Å². The van der Waals surface area contributed by atoms with Crippen molar-refractivity contribution in [2.45, 2.75) is 6.10 Å². The third-order valence-electron chi connectivity index (χ3n) is 2.01. The van der Waals surface area contributed by atoms with E-state index in [1.165, 1.54) is 0 Å². The van der Waals surface area contributed by atoms with Gasteiger partial charge in [-0.05, 0) is 0 Å². The van der Waals surface area contributed by atoms with Crippen LogP contribution in [0.2, 0.25) is 0 Å². The molecule has 1 unspecified atom stereocenters. The molecular formula is C9H15NO4S. The topological polar surface area (TPSA) is 55.8 Å². The van der Waals surface area contributed by atoms with Gasteiger partial charge < -0.3 is 4.74 Å². The largest absolute Gasteiger partial charge is 0.373 e. The van der Waals surface area contributed by atoms with Gasteiger partial charge in [0.05, 0.1) is 32.1 Å². The summed E-state index contributed by atoms with van der Waals surface area (Å²) in [5, 5.41) is 0. The lowest BCUT2D eigenvalue weighted by Crippen LogP contribution is -2.44. The second-order valence-electron chi connectivity index (χ2n) is 3.42. The van der Waals surface area contributed by atoms with Crippen molar-refractivity contribution in [3.8, 4) is 12.3 Å². The Hall–Kier alpha value is -0.610. The molecule has 5 nitrogen and oxygen atoms in total. The van der Waals surface area contributed by atoms with Crippen LogP contribution in [0.1, 0.15) is 0 Å². The lowest BCUT2D eigenvalue weighted by Gasteiger charge is -2.31. The van der Waals surface area contributed by atoms with Crippen LogP contribution in [0.3, 0.4) is 0 Å². The van der Waals surface area contributed by atoms with Gasteiger partial charge in [0.25, 0.3) is 10.1 Å². The summed E-state index contributed by atoms with van der Waals surface area (Å²) in [5.41, 5.74) is 0. The molecule has 1 fully saturated rings. The van der Waals surface area contributed by atoms with Gasteiger partial charge in [-0.25, -0.2) is 0 Å². The van der Waals surface area contributed by atoms with Crippen LogP contribution in [-0.2, 0) is 19.0 Å². The Bertz CT molecular complexity index is 333. The highest BCUT2D eigenvalue weighted by atomic mass is 32.2. The number of terminal acetylenes is 1. The van der Waals surface area contributed by atoms with Crippen molar-refractivity contribution in [1.29, 1.82) is 0 Å². The summed E-state index contributed by atoms with van der Waals surface area (Å²) in [6.45, 7) is 2.55. The van der Waals surface area contributed by atoms with Crippen molar-refractivity contribution in [3.05, 3.63) is 0 Å². The lowest BCUT2D eigenvalue weighted by molar-refractivity contribution is -0.0429. The van der Waals surface area contributed by atoms with Crippen molar-refractivity contribution in [2.24, 2.45) is 0 Å². The van der Waals surface area contributed by atoms with Crippen molar-refractivity contribution < 1.29 is 17.3 Å². The number of morpholine rings is 1. The zero-order chi connectivity index (χ0) is 11.3. The normalized spacial score (nSPS) is 23.6. The highest BCUT2D eigenvalue weighted by molar-refractivity contribution is 7.85. The van der Waals surface area contributed by atoms with Crippen LogP contribution in [0.15, 0.2) is 0 Å². The van der Waals surface area contributed by atoms with E-state index in [-0.39, 0.29) is 12.7 Å². The number of rotatable bonds is 4. The first-order chi connectivity index (χ1) is 7.01. The first kappa shape index (κ1) is 12.5. The Morgan fingerprint density at radius 1 is 1.67 bits per heavy atom. The number of ether oxygens (including phenoxy) is 1. The molecule has 86 valence electrons. The predicted molar refractivity (Wildman–Crippen MR) is 55.8 cm³/mol. The van der Waals surface area contributed by atoms with E-state index >= 15 is 0 Å². The Kier molecular flexibility index (Phi) is 4.54. The summed E-state index contributed by atoms with van der Waals surface area (Å²) in [5.74, 6) is 2.54. The third-order valence-corrected chi connectivity index (χ3v) is 2.57. The summed E-state index contributed by atoms with van der Waals surface area (Å²) in [7, 11) is -3.39. The number of hydrogen-bond donors (Lipinski definition) is 0. The molecule has 0 amide bonds. The summed E-state index contributed by atoms with van der Waals surface area (Å²) in [6.07, 6.45) is 5.99. The summed E-state index contributed by atoms with van der Waals surface area (Å²) in [4.78, 5) is 2.03. The molecule has 1 aliphatic rings. The fraction of sp³-hybridized carbons (Fsp3) is 0.778. The van der Waals surface area contributed by atoms with E-state index in [0.29, 0.717) is 19.7 Å². The SMILES string of the molecule is C#CCN1CCOC(COS(C)(=O)=O)C1. The van der Waals surface area contributed by atoms with Crippen molar-refractivity contribution in [1.82, 2.24) is 4.90 Å². The first-order valence-corrected chi connectivity index (χ1v) is 6.45. The molecule has 1 aliphatic heterocycles. The molecule has 1 atom stereocenters. The summed E-state index contributed by atoms with van der Waals surface area (Å²) < 4.78 is 31.5. The average molecular weight is 233 g/mol. The van der Waals surface area contributed by atoms with Crippen LogP contribution >= 0.6 is 0 Å². The van der Waals surface area contributed by atoms with Crippen molar-refractivity contribution in [3.63, 3.8) is 0 Å². The van der Waals surface area contributed by atoms with E-state index in [1.807, 2.05) is 4.90 Å². The Morgan fingerprint density at radius 3 is 3.00 bits per heavy atom. The van der Waals surface area contributed by atoms with Gasteiger partial charge in [-0.2, -0.15) is 8.42 Å². The van der Waals surface area contributed by atoms with Gasteiger partial charge in [0.2, 0.25) is 0 Å². The zero-order valence-corrected chi connectivity index (χ0v) is 9.50. The average Bonchev–Trinajstić information content (AvgIpc) is 2.15. The molecule has 1 heterocycles. The maximum absolute atomic E-state index is 10.8. The second kappa shape index (κ2) is 5.47. The van der Waals surface area contributed by atoms with Crippen LogP contribution in [0.4, 0.5) is 0 Å². The maximum Gasteiger partial charge on any atom is 0.264 e. The molecule has 15 heavy (non-hydrogen) atoms. The van der Waals surface area contributed by atoms with Gasteiger partial charge in [-0.3, -0.25) is 9.08 Å². The summed E-state index contributed by atoms with van der Waals surface area (Å²) in [6, 6.07) is 0. The fourth-order valence-corrected chi connectivity index (χ4v) is 1.75. The molecule has 1 rings (SSSR count). The van der Waals surface area contributed by atoms with E-state index in [0.717, 1.165) is 12.8 Å². The highest BCUT2D eigenvalue weighted by Crippen LogP contribution is 2.06. The molecule has 0 bridgehead atoms. The van der Waals surface area contributed by atoms with E-state index in [1.54, 1.807) is 0 Å². The number of hydrogen-bond acceptors (Lipinski definition) is 5. The second-order valence-corrected chi connectivity index (χ2v) is 5.06. The Labute approximate surface area is 90.5 Å². The molecule has 0 aromatic heterocycles. The van der Waals surface area contributed by atoms with Gasteiger partial charge >= 0.3 is 0 Å². The number of nitrogens with zero attached hydrogens (tertiary/aromatic N) is 1. The zero-order valence-electron chi connectivity index (χ0n) is 8.68. The lowest BCUT2D eigenvalue weighted by atomic mass is 10.3. The first-order valence-electron chi connectivity index (χ1n) is 4.63. The third kappa shape index (κ3) is 5.14. The van der Waals surface area contributed by atoms with Gasteiger partial charge in [-0.15, -0.1) is 6.42 Å². The van der Waals surface area contributed by atoms with Gasteiger partial charge in [0.15, 0.2) is 0 Å². The van der Waals surface area contributed by atoms with Crippen molar-refractivity contribution >= 4 is 10.1 Å². The van der Waals surface area contributed by atoms with Gasteiger partial charge in [-0.1, -0.05) is 5.92 Å². The van der Waals surface area contributed by atoms with Crippen LogP contribution < -0.4 is 0 Å². The van der Waals surface area contributed by atoms with E-state index in [9.17, 15) is 8.42 Å². The van der Waals surface area contributed by atoms with Crippen LogP contribution in [-0.4, -0.2) is 58.5 Å². The standard InChI is InChI=1S/C9H15NO4S/c1-3-4-10-5-6-13-9(7-10)8-14-15(2,11)12/h1,9H,4-8H2,2H3. The Morgan fingerprint density at radius 2 is 2.40 bits per heavy atom. The fourth-order valence-electron chi connectivity index (χ4n) is 1.35. The monoisotopic (exact) mass is 233 g/mol. The maximum atomic E-state index is 10.8. The van der Waals surface area contributed by atoms with Crippen LogP contribution in [0, 0.1) is 12.3 Å². The Balaban J connectivity index is 2.34. The van der Waals surface area contributed by atoms with Gasteiger partial charge in [0, 0.05) is 13.1 Å². The molecule has 0 radical (unpaired) electrons. The molecule has 0 aromatic carbocycles. The molecule has 0 saturated carbocycles. The highest BCUT2D eigenvalue weighted by Gasteiger charge is 2.21.